The van der Waals surface area contributed by atoms with E-state index < -0.39 is 11.8 Å². The normalized spacial score (nSPS) is 15.0. The Morgan fingerprint density at radius 1 is 1.17 bits per heavy atom. The number of benzene rings is 1. The summed E-state index contributed by atoms with van der Waals surface area (Å²) in [6.07, 6.45) is 2.12. The second-order valence-electron chi connectivity index (χ2n) is 6.21. The molecule has 1 fully saturated rings. The maximum Gasteiger partial charge on any atom is 0.313 e. The smallest absolute Gasteiger partial charge is 0.313 e. The van der Waals surface area contributed by atoms with Crippen LogP contribution in [0.3, 0.4) is 0 Å². The second kappa shape index (κ2) is 6.16. The van der Waals surface area contributed by atoms with Gasteiger partial charge in [-0.2, -0.15) is 0 Å². The Hall–Kier alpha value is -2.14. The number of carbonyl (C=O) groups is 2. The minimum atomic E-state index is -0.610. The van der Waals surface area contributed by atoms with Gasteiger partial charge in [-0.05, 0) is 55.3 Å². The van der Waals surface area contributed by atoms with Gasteiger partial charge in [0.05, 0.1) is 0 Å². The number of aryl methyl sites for hydroxylation is 2. The molecule has 5 heteroatoms. The van der Waals surface area contributed by atoms with E-state index in [2.05, 4.69) is 16.7 Å². The molecule has 1 aliphatic rings. The zero-order valence-electron chi connectivity index (χ0n) is 13.3. The summed E-state index contributed by atoms with van der Waals surface area (Å²) in [5.74, 6) is -1.19. The Bertz CT molecular complexity index is 733. The monoisotopic (exact) mass is 328 g/mol. The van der Waals surface area contributed by atoms with Crippen LogP contribution >= 0.6 is 11.3 Å². The van der Waals surface area contributed by atoms with Crippen molar-refractivity contribution in [1.29, 1.82) is 0 Å². The van der Waals surface area contributed by atoms with Crippen LogP contribution in [0.2, 0.25) is 0 Å². The fourth-order valence-corrected chi connectivity index (χ4v) is 3.61. The SMILES string of the molecule is Cc1ccc(C)c(NC(=O)C(=O)NCC2(c3cccs3)CC2)c1. The van der Waals surface area contributed by atoms with Crippen molar-refractivity contribution in [3.8, 4) is 0 Å². The van der Waals surface area contributed by atoms with Crippen molar-refractivity contribution in [2.75, 3.05) is 11.9 Å². The summed E-state index contributed by atoms with van der Waals surface area (Å²) in [6.45, 7) is 4.38. The van der Waals surface area contributed by atoms with Crippen LogP contribution in [-0.4, -0.2) is 18.4 Å². The van der Waals surface area contributed by atoms with Crippen molar-refractivity contribution in [3.05, 3.63) is 51.7 Å². The number of carbonyl (C=O) groups excluding carboxylic acids is 2. The molecule has 0 aliphatic heterocycles. The Morgan fingerprint density at radius 2 is 1.96 bits per heavy atom. The van der Waals surface area contributed by atoms with Gasteiger partial charge >= 0.3 is 11.8 Å². The van der Waals surface area contributed by atoms with Crippen molar-refractivity contribution in [3.63, 3.8) is 0 Å². The third-order valence-electron chi connectivity index (χ3n) is 4.33. The number of rotatable bonds is 4. The van der Waals surface area contributed by atoms with Gasteiger partial charge in [-0.15, -0.1) is 11.3 Å². The fraction of sp³-hybridized carbons (Fsp3) is 0.333. The van der Waals surface area contributed by atoms with Crippen LogP contribution in [0.15, 0.2) is 35.7 Å². The third-order valence-corrected chi connectivity index (χ3v) is 5.45. The number of thiophene rings is 1. The summed E-state index contributed by atoms with van der Waals surface area (Å²) in [4.78, 5) is 25.4. The highest BCUT2D eigenvalue weighted by molar-refractivity contribution is 7.10. The Balaban J connectivity index is 1.58. The number of anilines is 1. The van der Waals surface area contributed by atoms with Gasteiger partial charge in [-0.25, -0.2) is 0 Å². The van der Waals surface area contributed by atoms with E-state index in [4.69, 9.17) is 0 Å². The van der Waals surface area contributed by atoms with Crippen molar-refractivity contribution in [1.82, 2.24) is 5.32 Å². The standard InChI is InChI=1S/C18H20N2O2S/c1-12-5-6-13(2)14(10-12)20-17(22)16(21)19-11-18(7-8-18)15-4-3-9-23-15/h3-6,9-10H,7-8,11H2,1-2H3,(H,19,21)(H,20,22). The van der Waals surface area contributed by atoms with Crippen LogP contribution in [0.25, 0.3) is 0 Å². The van der Waals surface area contributed by atoms with Crippen LogP contribution < -0.4 is 10.6 Å². The molecule has 1 heterocycles. The van der Waals surface area contributed by atoms with E-state index in [1.165, 1.54) is 4.88 Å². The average molecular weight is 328 g/mol. The highest BCUT2D eigenvalue weighted by atomic mass is 32.1. The lowest BCUT2D eigenvalue weighted by atomic mass is 10.1. The summed E-state index contributed by atoms with van der Waals surface area (Å²) in [5, 5.41) is 7.52. The van der Waals surface area contributed by atoms with Gasteiger partial charge in [0, 0.05) is 22.5 Å². The van der Waals surface area contributed by atoms with Crippen LogP contribution in [0.1, 0.15) is 28.8 Å². The first-order chi connectivity index (χ1) is 11.0. The molecule has 0 unspecified atom stereocenters. The molecular weight excluding hydrogens is 308 g/mol. The lowest BCUT2D eigenvalue weighted by Crippen LogP contribution is -2.39. The maximum atomic E-state index is 12.1. The summed E-state index contributed by atoms with van der Waals surface area (Å²) >= 11 is 1.71. The quantitative estimate of drug-likeness (QED) is 0.847. The van der Waals surface area contributed by atoms with Crippen molar-refractivity contribution >= 4 is 28.8 Å². The Morgan fingerprint density at radius 3 is 2.61 bits per heavy atom. The van der Waals surface area contributed by atoms with Gasteiger partial charge in [0.25, 0.3) is 0 Å². The highest BCUT2D eigenvalue weighted by Crippen LogP contribution is 2.49. The van der Waals surface area contributed by atoms with E-state index in [0.29, 0.717) is 12.2 Å². The molecule has 0 radical (unpaired) electrons. The van der Waals surface area contributed by atoms with E-state index in [1.54, 1.807) is 11.3 Å². The topological polar surface area (TPSA) is 58.2 Å². The fourth-order valence-electron chi connectivity index (χ4n) is 2.62. The predicted molar refractivity (Wildman–Crippen MR) is 92.8 cm³/mol. The zero-order chi connectivity index (χ0) is 16.4. The van der Waals surface area contributed by atoms with Crippen LogP contribution in [0.4, 0.5) is 5.69 Å². The molecule has 0 atom stereocenters. The van der Waals surface area contributed by atoms with Gasteiger partial charge in [-0.3, -0.25) is 9.59 Å². The van der Waals surface area contributed by atoms with Gasteiger partial charge in [0.2, 0.25) is 0 Å². The molecule has 2 amide bonds. The van der Waals surface area contributed by atoms with E-state index in [0.717, 1.165) is 24.0 Å². The zero-order valence-corrected chi connectivity index (χ0v) is 14.1. The third kappa shape index (κ3) is 3.45. The minimum absolute atomic E-state index is 0.0450. The molecular formula is C18H20N2O2S. The van der Waals surface area contributed by atoms with Crippen molar-refractivity contribution < 1.29 is 9.59 Å². The number of hydrogen-bond donors (Lipinski definition) is 2. The lowest BCUT2D eigenvalue weighted by molar-refractivity contribution is -0.136. The summed E-state index contributed by atoms with van der Waals surface area (Å²) in [5.41, 5.74) is 2.71. The second-order valence-corrected chi connectivity index (χ2v) is 7.16. The summed E-state index contributed by atoms with van der Waals surface area (Å²) < 4.78 is 0. The molecule has 120 valence electrons. The van der Waals surface area contributed by atoms with Gasteiger partial charge in [0.15, 0.2) is 0 Å². The average Bonchev–Trinajstić information content (AvgIpc) is 3.11. The van der Waals surface area contributed by atoms with Crippen LogP contribution in [0.5, 0.6) is 0 Å². The number of amides is 2. The molecule has 1 saturated carbocycles. The molecule has 0 spiro atoms. The molecule has 3 rings (SSSR count). The van der Waals surface area contributed by atoms with E-state index in [1.807, 2.05) is 43.5 Å². The van der Waals surface area contributed by atoms with Gasteiger partial charge < -0.3 is 10.6 Å². The Labute approximate surface area is 139 Å². The summed E-state index contributed by atoms with van der Waals surface area (Å²) in [7, 11) is 0. The maximum absolute atomic E-state index is 12.1. The van der Waals surface area contributed by atoms with Crippen molar-refractivity contribution in [2.24, 2.45) is 0 Å². The summed E-state index contributed by atoms with van der Waals surface area (Å²) in [6, 6.07) is 9.89. The molecule has 2 N–H and O–H groups in total. The van der Waals surface area contributed by atoms with Crippen molar-refractivity contribution in [2.45, 2.75) is 32.1 Å². The van der Waals surface area contributed by atoms with Crippen LogP contribution in [0, 0.1) is 13.8 Å². The molecule has 23 heavy (non-hydrogen) atoms. The van der Waals surface area contributed by atoms with E-state index in [-0.39, 0.29) is 5.41 Å². The van der Waals surface area contributed by atoms with E-state index >= 15 is 0 Å². The molecule has 2 aromatic rings. The van der Waals surface area contributed by atoms with Crippen LogP contribution in [-0.2, 0) is 15.0 Å². The first-order valence-corrected chi connectivity index (χ1v) is 8.59. The predicted octanol–water partition coefficient (Wildman–Crippen LogP) is 3.15. The first-order valence-electron chi connectivity index (χ1n) is 7.71. The number of hydrogen-bond acceptors (Lipinski definition) is 3. The largest absolute Gasteiger partial charge is 0.347 e. The highest BCUT2D eigenvalue weighted by Gasteiger charge is 2.45. The Kier molecular flexibility index (Phi) is 4.22. The molecule has 0 saturated heterocycles. The van der Waals surface area contributed by atoms with E-state index in [9.17, 15) is 9.59 Å². The van der Waals surface area contributed by atoms with Gasteiger partial charge in [-0.1, -0.05) is 18.2 Å². The molecule has 4 nitrogen and oxygen atoms in total. The molecule has 1 aliphatic carbocycles. The number of nitrogens with one attached hydrogen (secondary N) is 2. The minimum Gasteiger partial charge on any atom is -0.347 e. The molecule has 1 aromatic carbocycles. The first kappa shape index (κ1) is 15.7. The molecule has 0 bridgehead atoms. The lowest BCUT2D eigenvalue weighted by Gasteiger charge is -2.14. The molecule has 1 aromatic heterocycles. The van der Waals surface area contributed by atoms with Gasteiger partial charge in [0.1, 0.15) is 0 Å².